The lowest BCUT2D eigenvalue weighted by molar-refractivity contribution is 0.666. The highest BCUT2D eigenvalue weighted by Crippen LogP contribution is 2.47. The molecule has 0 unspecified atom stereocenters. The highest BCUT2D eigenvalue weighted by molar-refractivity contribution is 7.26. The van der Waals surface area contributed by atoms with Crippen LogP contribution in [0.3, 0.4) is 0 Å². The Morgan fingerprint density at radius 3 is 1.02 bits per heavy atom. The third kappa shape index (κ3) is 11.2. The third-order valence-electron chi connectivity index (χ3n) is 25.3. The van der Waals surface area contributed by atoms with E-state index in [9.17, 15) is 0 Å². The number of para-hydroxylation sites is 6. The quantitative estimate of drug-likeness (QED) is 0.135. The maximum absolute atomic E-state index is 6.73. The van der Waals surface area contributed by atoms with E-state index in [-0.39, 0.29) is 0 Å². The predicted octanol–water partition coefficient (Wildman–Crippen LogP) is 30.7. The number of furan rings is 2. The van der Waals surface area contributed by atoms with Crippen LogP contribution < -0.4 is 0 Å². The molecule has 9 heterocycles. The molecule has 0 atom stereocenters. The average molecular weight is 1610 g/mol. The number of hydrogen-bond acceptors (Lipinski definition) is 7. The summed E-state index contributed by atoms with van der Waals surface area (Å²) in [5, 5.41) is 16.4. The Balaban J connectivity index is 0.000000133. The third-order valence-corrected chi connectivity index (χ3v) is 26.5. The highest BCUT2D eigenvalue weighted by atomic mass is 32.1. The fourth-order valence-corrected chi connectivity index (χ4v) is 20.7. The molecule has 0 aliphatic rings. The van der Waals surface area contributed by atoms with Crippen molar-refractivity contribution in [1.29, 1.82) is 0 Å². The Hall–Kier alpha value is -16.6. The van der Waals surface area contributed by atoms with Gasteiger partial charge in [0.2, 0.25) is 11.9 Å². The first-order valence-corrected chi connectivity index (χ1v) is 43.0. The number of thiophene rings is 1. The van der Waals surface area contributed by atoms with E-state index in [2.05, 4.69) is 394 Å². The zero-order valence-corrected chi connectivity index (χ0v) is 67.9. The van der Waals surface area contributed by atoms with E-state index in [1.165, 1.54) is 91.2 Å². The van der Waals surface area contributed by atoms with Gasteiger partial charge in [-0.1, -0.05) is 279 Å². The highest BCUT2D eigenvalue weighted by Gasteiger charge is 2.27. The number of fused-ring (bicyclic) bond motifs is 22. The van der Waals surface area contributed by atoms with E-state index in [4.69, 9.17) is 28.8 Å². The summed E-state index contributed by atoms with van der Waals surface area (Å²) in [6.07, 6.45) is 0. The topological polar surface area (TPSA) is 97.6 Å². The van der Waals surface area contributed by atoms with Crippen molar-refractivity contribution in [2.24, 2.45) is 0 Å². The van der Waals surface area contributed by atoms with E-state index >= 15 is 0 Å². The van der Waals surface area contributed by atoms with Crippen molar-refractivity contribution in [2.45, 2.75) is 0 Å². The zero-order chi connectivity index (χ0) is 81.9. The Bertz CT molecular complexity index is 9130. The minimum absolute atomic E-state index is 0.597. The van der Waals surface area contributed by atoms with Gasteiger partial charge in [0, 0.05) is 96.5 Å². The molecule has 0 aliphatic carbocycles. The van der Waals surface area contributed by atoms with Crippen molar-refractivity contribution in [3.8, 4) is 90.3 Å². The molecule has 10 nitrogen and oxygen atoms in total. The van der Waals surface area contributed by atoms with Gasteiger partial charge in [0.05, 0.1) is 44.1 Å². The number of nitrogens with zero attached hydrogens (tertiary/aromatic N) is 8. The van der Waals surface area contributed by atoms with Gasteiger partial charge in [-0.3, -0.25) is 9.13 Å². The molecule has 0 saturated heterocycles. The van der Waals surface area contributed by atoms with Gasteiger partial charge in [-0.15, -0.1) is 11.3 Å². The number of aromatic nitrogens is 8. The molecule has 11 heteroatoms. The molecule has 0 saturated carbocycles. The van der Waals surface area contributed by atoms with Gasteiger partial charge in [0.25, 0.3) is 0 Å². The first kappa shape index (κ1) is 70.3. The first-order chi connectivity index (χ1) is 62.0. The SMILES string of the molecule is c1ccc(-c2nc(-n3c4ccccc4c4cc(-c5ccc6c(c5)c5ccccc5n6-c5ccccc5)ccc43)nc3c2oc2ccc(-c4ccc5ccccc5c4)cc23)cc1.c1ccc(-c2nc(-n3c4ccccc4c4cc(-c5ccc6c(c5)c5ccccc5n6-c5ccccc5)ccc43)nc3c2oc2ccc(-c4cccc5c4sc4ccccc45)cc23)cc1. The fraction of sp³-hybridized carbons (Fsp3) is 0. The van der Waals surface area contributed by atoms with E-state index in [0.29, 0.717) is 23.1 Å². The molecule has 125 heavy (non-hydrogen) atoms. The molecule has 0 N–H and O–H groups in total. The van der Waals surface area contributed by atoms with E-state index in [1.54, 1.807) is 0 Å². The molecule has 18 aromatic carbocycles. The van der Waals surface area contributed by atoms with Crippen LogP contribution in [0, 0.1) is 0 Å². The van der Waals surface area contributed by atoms with Crippen LogP contribution in [0.4, 0.5) is 0 Å². The Morgan fingerprint density at radius 1 is 0.208 bits per heavy atom. The van der Waals surface area contributed by atoms with Crippen LogP contribution in [0.2, 0.25) is 0 Å². The summed E-state index contributed by atoms with van der Waals surface area (Å²) >= 11 is 1.84. The van der Waals surface area contributed by atoms with Gasteiger partial charge in [-0.25, -0.2) is 19.9 Å². The fourth-order valence-electron chi connectivity index (χ4n) is 19.5. The molecule has 0 fully saturated rings. The van der Waals surface area contributed by atoms with Crippen LogP contribution in [-0.2, 0) is 0 Å². The lowest BCUT2D eigenvalue weighted by atomic mass is 10.00. The predicted molar refractivity (Wildman–Crippen MR) is 519 cm³/mol. The van der Waals surface area contributed by atoms with Crippen LogP contribution >= 0.6 is 11.3 Å². The second kappa shape index (κ2) is 28.0. The summed E-state index contributed by atoms with van der Waals surface area (Å²) in [6.45, 7) is 0. The Labute approximate surface area is 718 Å². The maximum Gasteiger partial charge on any atom is 0.236 e. The number of hydrogen-bond donors (Lipinski definition) is 0. The van der Waals surface area contributed by atoms with Crippen LogP contribution in [-0.4, -0.2) is 38.2 Å². The minimum atomic E-state index is 0.597. The smallest absolute Gasteiger partial charge is 0.236 e. The standard InChI is InChI=1S/C58H34N4OS.C56H34N4O/c1-3-14-35(15-4-1)54-56-55(47-34-38(28-31-52(47)63-56)40-21-13-22-44-43-20-9-12-25-53(43)64-57(40)44)60-58(59-54)62-49-24-11-8-19-42(49)46-33-37(27-30-51(46)62)36-26-29-50-45(32-36)41-18-7-10-23-48(41)61(50)39-16-5-2-6-17-39;1-3-14-36(15-4-1)53-55-54(47-34-41(27-30-52(47)61-55)38-24-23-35-13-7-8-16-37(35)31-38)58-56(57-53)60-49-22-12-10-20-44(49)46-33-40(26-29-51(46)60)39-25-28-50-45(32-39)43-19-9-11-21-48(43)59(50)42-17-5-2-6-18-42/h1-34H;1-34H. The molecule has 0 radical (unpaired) electrons. The number of rotatable bonds is 10. The summed E-state index contributed by atoms with van der Waals surface area (Å²) in [5.41, 5.74) is 28.4. The van der Waals surface area contributed by atoms with Gasteiger partial charge >= 0.3 is 0 Å². The van der Waals surface area contributed by atoms with Crippen molar-refractivity contribution in [2.75, 3.05) is 0 Å². The van der Waals surface area contributed by atoms with E-state index < -0.39 is 0 Å². The first-order valence-electron chi connectivity index (χ1n) is 42.2. The second-order valence-electron chi connectivity index (χ2n) is 32.3. The van der Waals surface area contributed by atoms with Gasteiger partial charge in [0.1, 0.15) is 33.6 Å². The molecule has 27 aromatic rings. The van der Waals surface area contributed by atoms with Crippen molar-refractivity contribution < 1.29 is 8.83 Å². The van der Waals surface area contributed by atoms with E-state index in [0.717, 1.165) is 138 Å². The largest absolute Gasteiger partial charge is 0.452 e. The molecular formula is C114H68N8O2S. The maximum atomic E-state index is 6.73. The van der Waals surface area contributed by atoms with Gasteiger partial charge in [-0.2, -0.15) is 0 Å². The van der Waals surface area contributed by atoms with Crippen molar-refractivity contribution in [3.63, 3.8) is 0 Å². The van der Waals surface area contributed by atoms with Crippen LogP contribution in [0.1, 0.15) is 0 Å². The minimum Gasteiger partial charge on any atom is -0.452 e. The van der Waals surface area contributed by atoms with Crippen LogP contribution in [0.5, 0.6) is 0 Å². The normalized spacial score (nSPS) is 12.0. The summed E-state index contributed by atoms with van der Waals surface area (Å²) in [6, 6.07) is 147. The van der Waals surface area contributed by atoms with Gasteiger partial charge in [0.15, 0.2) is 11.2 Å². The summed E-state index contributed by atoms with van der Waals surface area (Å²) in [4.78, 5) is 21.6. The number of benzene rings is 18. The molecule has 9 aromatic heterocycles. The molecule has 582 valence electrons. The van der Waals surface area contributed by atoms with Gasteiger partial charge in [-0.05, 0) is 189 Å². The van der Waals surface area contributed by atoms with Crippen molar-refractivity contribution >= 4 is 174 Å². The van der Waals surface area contributed by atoms with Crippen molar-refractivity contribution in [3.05, 3.63) is 413 Å². The molecule has 27 rings (SSSR count). The second-order valence-corrected chi connectivity index (χ2v) is 33.4. The molecule has 0 amide bonds. The Morgan fingerprint density at radius 2 is 0.544 bits per heavy atom. The monoisotopic (exact) mass is 1610 g/mol. The molecule has 0 bridgehead atoms. The van der Waals surface area contributed by atoms with Crippen molar-refractivity contribution in [1.82, 2.24) is 38.2 Å². The average Bonchev–Trinajstić information content (AvgIpc) is 1.57. The zero-order valence-electron chi connectivity index (χ0n) is 67.1. The lowest BCUT2D eigenvalue weighted by Gasteiger charge is -2.10. The lowest BCUT2D eigenvalue weighted by Crippen LogP contribution is -2.02. The molecular weight excluding hydrogens is 1550 g/mol. The molecule has 0 spiro atoms. The van der Waals surface area contributed by atoms with Crippen LogP contribution in [0.25, 0.3) is 253 Å². The summed E-state index contributed by atoms with van der Waals surface area (Å²) in [7, 11) is 0. The summed E-state index contributed by atoms with van der Waals surface area (Å²) in [5.74, 6) is 1.19. The Kier molecular flexibility index (Phi) is 15.7. The summed E-state index contributed by atoms with van der Waals surface area (Å²) < 4.78 is 25.1. The van der Waals surface area contributed by atoms with Crippen LogP contribution in [0.15, 0.2) is 421 Å². The van der Waals surface area contributed by atoms with Gasteiger partial charge < -0.3 is 18.0 Å². The molecule has 0 aliphatic heterocycles. The van der Waals surface area contributed by atoms with E-state index in [1.807, 2.05) is 47.7 Å².